The zero-order chi connectivity index (χ0) is 13.7. The lowest BCUT2D eigenvalue weighted by atomic mass is 10.2. The fraction of sp³-hybridized carbons (Fsp3) is 0. The third-order valence-electron chi connectivity index (χ3n) is 2.17. The predicted octanol–water partition coefficient (Wildman–Crippen LogP) is 2.39. The Kier molecular flexibility index (Phi) is 4.04. The maximum absolute atomic E-state index is 11.4. The van der Waals surface area contributed by atoms with Crippen LogP contribution in [-0.4, -0.2) is 22.0 Å². The van der Waals surface area contributed by atoms with E-state index in [2.05, 4.69) is 10.3 Å². The smallest absolute Gasteiger partial charge is 0.328 e. The Labute approximate surface area is 113 Å². The molecular weight excluding hydrogens is 264 g/mol. The van der Waals surface area contributed by atoms with Gasteiger partial charge in [-0.1, -0.05) is 41.7 Å². The Balaban J connectivity index is 2.06. The lowest BCUT2D eigenvalue weighted by molar-refractivity contribution is -0.131. The van der Waals surface area contributed by atoms with Crippen LogP contribution < -0.4 is 5.32 Å². The summed E-state index contributed by atoms with van der Waals surface area (Å²) in [7, 11) is 0. The van der Waals surface area contributed by atoms with Crippen molar-refractivity contribution in [3.05, 3.63) is 48.7 Å². The number of carbonyl (C=O) groups is 2. The molecule has 1 heterocycles. The molecule has 2 N–H and O–H groups in total. The molecule has 0 spiro atoms. The second-order valence-electron chi connectivity index (χ2n) is 3.56. The Morgan fingerprint density at radius 3 is 2.63 bits per heavy atom. The van der Waals surface area contributed by atoms with E-state index in [4.69, 9.17) is 5.11 Å². The van der Waals surface area contributed by atoms with Crippen molar-refractivity contribution >= 4 is 28.3 Å². The molecule has 0 unspecified atom stereocenters. The van der Waals surface area contributed by atoms with Crippen molar-refractivity contribution in [3.63, 3.8) is 0 Å². The Morgan fingerprint density at radius 2 is 1.95 bits per heavy atom. The molecule has 1 aromatic carbocycles. The standard InChI is InChI=1S/C13H10N2O3S/c16-11(6-7-12(17)18)15-13-14-8-10(19-13)9-4-2-1-3-5-9/h1-8H,(H,17,18)(H,14,15,16)/b7-6+. The molecule has 19 heavy (non-hydrogen) atoms. The number of carboxylic acid groups (broad SMARTS) is 1. The Hall–Kier alpha value is -2.47. The van der Waals surface area contributed by atoms with Gasteiger partial charge in [-0.15, -0.1) is 0 Å². The first kappa shape index (κ1) is 13.0. The van der Waals surface area contributed by atoms with Crippen LogP contribution in [0.2, 0.25) is 0 Å². The number of amides is 1. The van der Waals surface area contributed by atoms with Gasteiger partial charge >= 0.3 is 5.97 Å². The summed E-state index contributed by atoms with van der Waals surface area (Å²) in [6, 6.07) is 9.66. The summed E-state index contributed by atoms with van der Waals surface area (Å²) in [5.41, 5.74) is 1.02. The van der Waals surface area contributed by atoms with E-state index in [-0.39, 0.29) is 0 Å². The van der Waals surface area contributed by atoms with Crippen LogP contribution in [0.1, 0.15) is 0 Å². The molecule has 0 radical (unpaired) electrons. The number of thiazole rings is 1. The lowest BCUT2D eigenvalue weighted by Gasteiger charge is -1.95. The highest BCUT2D eigenvalue weighted by molar-refractivity contribution is 7.19. The van der Waals surface area contributed by atoms with Crippen LogP contribution in [0, 0.1) is 0 Å². The van der Waals surface area contributed by atoms with E-state index < -0.39 is 11.9 Å². The molecule has 0 saturated carbocycles. The average Bonchev–Trinajstić information content (AvgIpc) is 2.86. The van der Waals surface area contributed by atoms with E-state index in [1.54, 1.807) is 6.20 Å². The van der Waals surface area contributed by atoms with Gasteiger partial charge in [-0.25, -0.2) is 9.78 Å². The molecule has 2 aromatic rings. The molecule has 0 aliphatic rings. The number of anilines is 1. The SMILES string of the molecule is O=C(O)/C=C/C(=O)Nc1ncc(-c2ccccc2)s1. The van der Waals surface area contributed by atoms with Crippen LogP contribution in [0.15, 0.2) is 48.7 Å². The number of nitrogens with one attached hydrogen (secondary N) is 1. The molecule has 0 bridgehead atoms. The van der Waals surface area contributed by atoms with Crippen molar-refractivity contribution in [1.29, 1.82) is 0 Å². The van der Waals surface area contributed by atoms with E-state index in [1.807, 2.05) is 30.3 Å². The summed E-state index contributed by atoms with van der Waals surface area (Å²) in [5, 5.41) is 11.3. The van der Waals surface area contributed by atoms with Gasteiger partial charge < -0.3 is 5.11 Å². The van der Waals surface area contributed by atoms with Gasteiger partial charge in [0.1, 0.15) is 0 Å². The number of hydrogen-bond donors (Lipinski definition) is 2. The third-order valence-corrected chi connectivity index (χ3v) is 3.13. The summed E-state index contributed by atoms with van der Waals surface area (Å²) < 4.78 is 0. The lowest BCUT2D eigenvalue weighted by Crippen LogP contribution is -2.08. The van der Waals surface area contributed by atoms with Gasteiger partial charge in [0.2, 0.25) is 5.91 Å². The fourth-order valence-corrected chi connectivity index (χ4v) is 2.19. The summed E-state index contributed by atoms with van der Waals surface area (Å²) in [6.45, 7) is 0. The zero-order valence-corrected chi connectivity index (χ0v) is 10.6. The largest absolute Gasteiger partial charge is 0.478 e. The number of hydrogen-bond acceptors (Lipinski definition) is 4. The van der Waals surface area contributed by atoms with Crippen molar-refractivity contribution in [3.8, 4) is 10.4 Å². The molecule has 0 fully saturated rings. The molecule has 0 atom stereocenters. The normalized spacial score (nSPS) is 10.5. The topological polar surface area (TPSA) is 79.3 Å². The first-order valence-corrected chi connectivity index (χ1v) is 6.20. The number of carboxylic acids is 1. The number of aliphatic carboxylic acids is 1. The highest BCUT2D eigenvalue weighted by Crippen LogP contribution is 2.28. The molecule has 0 aliphatic heterocycles. The fourth-order valence-electron chi connectivity index (χ4n) is 1.36. The molecule has 0 aliphatic carbocycles. The van der Waals surface area contributed by atoms with Crippen molar-refractivity contribution in [2.24, 2.45) is 0 Å². The van der Waals surface area contributed by atoms with Crippen molar-refractivity contribution < 1.29 is 14.7 Å². The summed E-state index contributed by atoms with van der Waals surface area (Å²) in [4.78, 5) is 26.6. The van der Waals surface area contributed by atoms with Crippen LogP contribution in [0.3, 0.4) is 0 Å². The first-order chi connectivity index (χ1) is 9.15. The van der Waals surface area contributed by atoms with Crippen LogP contribution in [0.4, 0.5) is 5.13 Å². The maximum atomic E-state index is 11.4. The number of aromatic nitrogens is 1. The van der Waals surface area contributed by atoms with Crippen molar-refractivity contribution in [2.45, 2.75) is 0 Å². The van der Waals surface area contributed by atoms with Crippen LogP contribution >= 0.6 is 11.3 Å². The number of nitrogens with zero attached hydrogens (tertiary/aromatic N) is 1. The third kappa shape index (κ3) is 3.75. The van der Waals surface area contributed by atoms with Gasteiger partial charge in [0.15, 0.2) is 5.13 Å². The molecule has 6 heteroatoms. The van der Waals surface area contributed by atoms with E-state index in [0.717, 1.165) is 22.6 Å². The van der Waals surface area contributed by atoms with Crippen LogP contribution in [0.5, 0.6) is 0 Å². The minimum absolute atomic E-state index is 0.430. The molecule has 1 amide bonds. The van der Waals surface area contributed by atoms with Gasteiger partial charge in [0, 0.05) is 18.3 Å². The molecule has 5 nitrogen and oxygen atoms in total. The van der Waals surface area contributed by atoms with Crippen LogP contribution in [-0.2, 0) is 9.59 Å². The van der Waals surface area contributed by atoms with Gasteiger partial charge in [0.25, 0.3) is 0 Å². The highest BCUT2D eigenvalue weighted by atomic mass is 32.1. The maximum Gasteiger partial charge on any atom is 0.328 e. The number of carbonyl (C=O) groups excluding carboxylic acids is 1. The molecule has 0 saturated heterocycles. The summed E-state index contributed by atoms with van der Waals surface area (Å²) in [6.07, 6.45) is 3.39. The number of rotatable bonds is 4. The second kappa shape index (κ2) is 5.92. The van der Waals surface area contributed by atoms with Gasteiger partial charge in [-0.3, -0.25) is 10.1 Å². The van der Waals surface area contributed by atoms with E-state index in [0.29, 0.717) is 5.13 Å². The Morgan fingerprint density at radius 1 is 1.21 bits per heavy atom. The van der Waals surface area contributed by atoms with E-state index in [9.17, 15) is 9.59 Å². The average molecular weight is 274 g/mol. The minimum atomic E-state index is -1.17. The molecular formula is C13H10N2O3S. The van der Waals surface area contributed by atoms with Gasteiger partial charge in [-0.2, -0.15) is 0 Å². The predicted molar refractivity (Wildman–Crippen MR) is 73.0 cm³/mol. The molecule has 2 rings (SSSR count). The van der Waals surface area contributed by atoms with E-state index >= 15 is 0 Å². The second-order valence-corrected chi connectivity index (χ2v) is 4.59. The Bertz CT molecular complexity index is 620. The van der Waals surface area contributed by atoms with Gasteiger partial charge in [-0.05, 0) is 5.56 Å². The van der Waals surface area contributed by atoms with Crippen molar-refractivity contribution in [2.75, 3.05) is 5.32 Å². The van der Waals surface area contributed by atoms with Gasteiger partial charge in [0.05, 0.1) is 4.88 Å². The summed E-state index contributed by atoms with van der Waals surface area (Å²) >= 11 is 1.32. The monoisotopic (exact) mass is 274 g/mol. The number of benzene rings is 1. The zero-order valence-electron chi connectivity index (χ0n) is 9.74. The quantitative estimate of drug-likeness (QED) is 0.839. The minimum Gasteiger partial charge on any atom is -0.478 e. The van der Waals surface area contributed by atoms with Crippen LogP contribution in [0.25, 0.3) is 10.4 Å². The first-order valence-electron chi connectivity index (χ1n) is 5.38. The highest BCUT2D eigenvalue weighted by Gasteiger charge is 2.06. The molecule has 96 valence electrons. The van der Waals surface area contributed by atoms with Crippen molar-refractivity contribution in [1.82, 2.24) is 4.98 Å². The van der Waals surface area contributed by atoms with E-state index in [1.165, 1.54) is 11.3 Å². The molecule has 1 aromatic heterocycles. The summed E-state index contributed by atoms with van der Waals surface area (Å²) in [5.74, 6) is -1.68.